The third-order valence-corrected chi connectivity index (χ3v) is 5.91. The first-order valence-corrected chi connectivity index (χ1v) is 10.9. The molecule has 2 amide bonds. The van der Waals surface area contributed by atoms with Gasteiger partial charge in [-0.2, -0.15) is 0 Å². The second-order valence-corrected chi connectivity index (χ2v) is 7.86. The first kappa shape index (κ1) is 21.3. The molecule has 7 nitrogen and oxygen atoms in total. The molecule has 2 heterocycles. The molecular formula is C27H22N4O3. The summed E-state index contributed by atoms with van der Waals surface area (Å²) in [6.07, 6.45) is 3.14. The zero-order valence-electron chi connectivity index (χ0n) is 18.5. The third-order valence-electron chi connectivity index (χ3n) is 5.91. The average molecular weight is 450 g/mol. The average Bonchev–Trinajstić information content (AvgIpc) is 2.89. The van der Waals surface area contributed by atoms with Crippen molar-refractivity contribution >= 4 is 23.5 Å². The van der Waals surface area contributed by atoms with E-state index in [9.17, 15) is 9.59 Å². The number of nitrogens with one attached hydrogen (secondary N) is 1. The lowest BCUT2D eigenvalue weighted by atomic mass is 9.79. The lowest BCUT2D eigenvalue weighted by molar-refractivity contribution is -0.118. The maximum atomic E-state index is 13.8. The van der Waals surface area contributed by atoms with Crippen LogP contribution in [0.1, 0.15) is 33.4 Å². The van der Waals surface area contributed by atoms with Crippen LogP contribution in [0.3, 0.4) is 0 Å². The van der Waals surface area contributed by atoms with Crippen LogP contribution in [0.4, 0.5) is 11.6 Å². The molecule has 168 valence electrons. The molecule has 0 unspecified atom stereocenters. The fraction of sp³-hybridized carbons (Fsp3) is 0.111. The Labute approximate surface area is 197 Å². The van der Waals surface area contributed by atoms with Crippen molar-refractivity contribution in [2.75, 3.05) is 17.3 Å². The number of para-hydroxylation sites is 1. The number of aromatic nitrogens is 2. The summed E-state index contributed by atoms with van der Waals surface area (Å²) < 4.78 is 5.32. The van der Waals surface area contributed by atoms with E-state index in [1.54, 1.807) is 36.5 Å². The van der Waals surface area contributed by atoms with E-state index in [2.05, 4.69) is 15.3 Å². The van der Waals surface area contributed by atoms with Gasteiger partial charge >= 0.3 is 0 Å². The zero-order valence-corrected chi connectivity index (χ0v) is 18.5. The number of ether oxygens (including phenoxy) is 1. The van der Waals surface area contributed by atoms with Gasteiger partial charge in [0.1, 0.15) is 5.75 Å². The molecule has 3 aromatic carbocycles. The lowest BCUT2D eigenvalue weighted by Gasteiger charge is -2.41. The Bertz CT molecular complexity index is 1310. The van der Waals surface area contributed by atoms with Crippen LogP contribution >= 0.6 is 0 Å². The first-order chi connectivity index (χ1) is 16.7. The van der Waals surface area contributed by atoms with E-state index in [-0.39, 0.29) is 17.8 Å². The van der Waals surface area contributed by atoms with Crippen molar-refractivity contribution in [1.29, 1.82) is 0 Å². The van der Waals surface area contributed by atoms with Crippen LogP contribution in [0.25, 0.3) is 0 Å². The van der Waals surface area contributed by atoms with Gasteiger partial charge < -0.3 is 4.74 Å². The molecule has 1 N–H and O–H groups in total. The highest BCUT2D eigenvalue weighted by Gasteiger charge is 2.45. The number of methoxy groups -OCH3 is 1. The highest BCUT2D eigenvalue weighted by atomic mass is 16.5. The third kappa shape index (κ3) is 3.88. The minimum atomic E-state index is -0.702. The molecular weight excluding hydrogens is 428 g/mol. The van der Waals surface area contributed by atoms with Gasteiger partial charge in [0.2, 0.25) is 11.9 Å². The Balaban J connectivity index is 1.69. The Morgan fingerprint density at radius 1 is 0.882 bits per heavy atom. The summed E-state index contributed by atoms with van der Waals surface area (Å²) in [6.45, 7) is 0. The van der Waals surface area contributed by atoms with E-state index >= 15 is 0 Å². The van der Waals surface area contributed by atoms with Gasteiger partial charge in [0.05, 0.1) is 19.1 Å². The molecule has 4 aromatic rings. The largest absolute Gasteiger partial charge is 0.497 e. The SMILES string of the molecule is COc1ccc([C@@H]2[C@@H](C(=O)Nc3ncccn3)c3ccccc3C(=O)N2c2ccccc2)cc1. The minimum absolute atomic E-state index is 0.164. The number of carbonyl (C=O) groups excluding carboxylic acids is 2. The van der Waals surface area contributed by atoms with Gasteiger partial charge in [-0.1, -0.05) is 48.5 Å². The van der Waals surface area contributed by atoms with Crippen LogP contribution in [0.5, 0.6) is 5.75 Å². The summed E-state index contributed by atoms with van der Waals surface area (Å²) >= 11 is 0. The topological polar surface area (TPSA) is 84.4 Å². The molecule has 0 fully saturated rings. The molecule has 2 atom stereocenters. The molecule has 7 heteroatoms. The Kier molecular flexibility index (Phi) is 5.74. The quantitative estimate of drug-likeness (QED) is 0.480. The number of hydrogen-bond donors (Lipinski definition) is 1. The van der Waals surface area contributed by atoms with Crippen LogP contribution in [0.2, 0.25) is 0 Å². The highest BCUT2D eigenvalue weighted by Crippen LogP contribution is 2.45. The number of amides is 2. The number of fused-ring (bicyclic) bond motifs is 1. The van der Waals surface area contributed by atoms with Gasteiger partial charge in [0, 0.05) is 23.6 Å². The normalized spacial score (nSPS) is 17.1. The summed E-state index contributed by atoms with van der Waals surface area (Å²) in [7, 11) is 1.60. The van der Waals surface area contributed by atoms with Gasteiger partial charge in [-0.25, -0.2) is 9.97 Å². The van der Waals surface area contributed by atoms with Crippen LogP contribution in [0, 0.1) is 0 Å². The predicted molar refractivity (Wildman–Crippen MR) is 129 cm³/mol. The molecule has 0 saturated heterocycles. The van der Waals surface area contributed by atoms with E-state index in [0.29, 0.717) is 22.6 Å². The lowest BCUT2D eigenvalue weighted by Crippen LogP contribution is -2.46. The molecule has 5 rings (SSSR count). The maximum Gasteiger partial charge on any atom is 0.259 e. The van der Waals surface area contributed by atoms with Gasteiger partial charge in [-0.15, -0.1) is 0 Å². The van der Waals surface area contributed by atoms with Gasteiger partial charge in [-0.3, -0.25) is 19.8 Å². The van der Waals surface area contributed by atoms with Crippen molar-refractivity contribution in [2.45, 2.75) is 12.0 Å². The second-order valence-electron chi connectivity index (χ2n) is 7.86. The van der Waals surface area contributed by atoms with Gasteiger partial charge in [0.15, 0.2) is 0 Å². The standard InChI is InChI=1S/C27H22N4O3/c1-34-20-14-12-18(13-15-20)24-23(25(32)30-27-28-16-7-17-29-27)21-10-5-6-11-22(21)26(33)31(24)19-8-3-2-4-9-19/h2-17,23-24H,1H3,(H,28,29,30,32)/t23-,24+/m0/s1. The summed E-state index contributed by atoms with van der Waals surface area (Å²) in [5.74, 6) is -0.264. The molecule has 34 heavy (non-hydrogen) atoms. The van der Waals surface area contributed by atoms with Crippen molar-refractivity contribution in [3.05, 3.63) is 114 Å². The van der Waals surface area contributed by atoms with Crippen LogP contribution in [-0.2, 0) is 4.79 Å². The van der Waals surface area contributed by atoms with Crippen molar-refractivity contribution in [2.24, 2.45) is 0 Å². The molecule has 0 bridgehead atoms. The van der Waals surface area contributed by atoms with Crippen LogP contribution < -0.4 is 15.0 Å². The molecule has 1 aromatic heterocycles. The monoisotopic (exact) mass is 450 g/mol. The van der Waals surface area contributed by atoms with E-state index < -0.39 is 12.0 Å². The van der Waals surface area contributed by atoms with Crippen molar-refractivity contribution in [3.8, 4) is 5.75 Å². The summed E-state index contributed by atoms with van der Waals surface area (Å²) in [5.41, 5.74) is 2.66. The van der Waals surface area contributed by atoms with Crippen molar-refractivity contribution in [1.82, 2.24) is 9.97 Å². The number of anilines is 2. The summed E-state index contributed by atoms with van der Waals surface area (Å²) in [6, 6.07) is 25.2. The predicted octanol–water partition coefficient (Wildman–Crippen LogP) is 4.61. The fourth-order valence-electron chi connectivity index (χ4n) is 4.38. The maximum absolute atomic E-state index is 13.8. The molecule has 1 aliphatic rings. The Morgan fingerprint density at radius 3 is 2.26 bits per heavy atom. The number of hydrogen-bond acceptors (Lipinski definition) is 5. The number of nitrogens with zero attached hydrogens (tertiary/aromatic N) is 3. The van der Waals surface area contributed by atoms with Crippen molar-refractivity contribution < 1.29 is 14.3 Å². The highest BCUT2D eigenvalue weighted by molar-refractivity contribution is 6.12. The molecule has 0 aliphatic carbocycles. The van der Waals surface area contributed by atoms with Gasteiger partial charge in [-0.05, 0) is 47.5 Å². The van der Waals surface area contributed by atoms with Crippen LogP contribution in [-0.4, -0.2) is 28.9 Å². The minimum Gasteiger partial charge on any atom is -0.497 e. The van der Waals surface area contributed by atoms with E-state index in [1.807, 2.05) is 72.8 Å². The first-order valence-electron chi connectivity index (χ1n) is 10.9. The Hall–Kier alpha value is -4.52. The molecule has 0 spiro atoms. The number of rotatable bonds is 5. The van der Waals surface area contributed by atoms with Crippen molar-refractivity contribution in [3.63, 3.8) is 0 Å². The molecule has 1 aliphatic heterocycles. The smallest absolute Gasteiger partial charge is 0.259 e. The zero-order chi connectivity index (χ0) is 23.5. The summed E-state index contributed by atoms with van der Waals surface area (Å²) in [5, 5.41) is 2.84. The second kappa shape index (κ2) is 9.15. The Morgan fingerprint density at radius 2 is 1.56 bits per heavy atom. The number of carbonyl (C=O) groups is 2. The molecule has 0 radical (unpaired) electrons. The van der Waals surface area contributed by atoms with Gasteiger partial charge in [0.25, 0.3) is 5.91 Å². The van der Waals surface area contributed by atoms with Crippen LogP contribution in [0.15, 0.2) is 97.3 Å². The van der Waals surface area contributed by atoms with E-state index in [0.717, 1.165) is 5.56 Å². The van der Waals surface area contributed by atoms with E-state index in [4.69, 9.17) is 4.74 Å². The molecule has 0 saturated carbocycles. The number of benzene rings is 3. The fourth-order valence-corrected chi connectivity index (χ4v) is 4.38. The van der Waals surface area contributed by atoms with E-state index in [1.165, 1.54) is 0 Å². The summed E-state index contributed by atoms with van der Waals surface area (Å²) in [4.78, 5) is 37.5.